The SMILES string of the molecule is Cn1nnc(Br)c1C(O)c1cccc(Cl)c1. The first-order valence-corrected chi connectivity index (χ1v) is 5.75. The number of aliphatic hydroxyl groups excluding tert-OH is 1. The molecule has 1 unspecified atom stereocenters. The zero-order chi connectivity index (χ0) is 11.7. The fourth-order valence-corrected chi connectivity index (χ4v) is 2.21. The van der Waals surface area contributed by atoms with Crippen molar-refractivity contribution < 1.29 is 5.11 Å². The van der Waals surface area contributed by atoms with Gasteiger partial charge in [0.25, 0.3) is 0 Å². The van der Waals surface area contributed by atoms with Crippen LogP contribution in [0.15, 0.2) is 28.9 Å². The third kappa shape index (κ3) is 2.11. The van der Waals surface area contributed by atoms with Gasteiger partial charge in [0, 0.05) is 12.1 Å². The molecule has 2 aromatic rings. The summed E-state index contributed by atoms with van der Waals surface area (Å²) in [6.07, 6.45) is -0.798. The predicted molar refractivity (Wildman–Crippen MR) is 64.2 cm³/mol. The molecule has 1 heterocycles. The van der Waals surface area contributed by atoms with Crippen LogP contribution in [0.4, 0.5) is 0 Å². The summed E-state index contributed by atoms with van der Waals surface area (Å²) in [5, 5.41) is 18.4. The average molecular weight is 303 g/mol. The monoisotopic (exact) mass is 301 g/mol. The number of rotatable bonds is 2. The molecule has 0 saturated heterocycles. The van der Waals surface area contributed by atoms with E-state index in [9.17, 15) is 5.11 Å². The summed E-state index contributed by atoms with van der Waals surface area (Å²) in [7, 11) is 1.72. The molecule has 0 bridgehead atoms. The van der Waals surface area contributed by atoms with E-state index in [1.807, 2.05) is 0 Å². The number of benzene rings is 1. The highest BCUT2D eigenvalue weighted by molar-refractivity contribution is 9.10. The highest BCUT2D eigenvalue weighted by Crippen LogP contribution is 2.27. The van der Waals surface area contributed by atoms with Crippen LogP contribution in [0.5, 0.6) is 0 Å². The molecule has 1 aromatic carbocycles. The predicted octanol–water partition coefficient (Wildman–Crippen LogP) is 2.31. The van der Waals surface area contributed by atoms with Gasteiger partial charge in [-0.15, -0.1) is 5.10 Å². The summed E-state index contributed by atoms with van der Waals surface area (Å²) >= 11 is 9.12. The summed E-state index contributed by atoms with van der Waals surface area (Å²) in [5.74, 6) is 0. The smallest absolute Gasteiger partial charge is 0.154 e. The van der Waals surface area contributed by atoms with Gasteiger partial charge in [-0.2, -0.15) is 0 Å². The van der Waals surface area contributed by atoms with Crippen molar-refractivity contribution in [3.8, 4) is 0 Å². The number of hydrogen-bond donors (Lipinski definition) is 1. The standard InChI is InChI=1S/C10H9BrClN3O/c1-15-8(10(11)13-14-15)9(16)6-3-2-4-7(12)5-6/h2-5,9,16H,1H3. The summed E-state index contributed by atoms with van der Waals surface area (Å²) in [6, 6.07) is 7.06. The summed E-state index contributed by atoms with van der Waals surface area (Å²) < 4.78 is 2.05. The molecule has 4 nitrogen and oxygen atoms in total. The fourth-order valence-electron chi connectivity index (χ4n) is 1.46. The van der Waals surface area contributed by atoms with Gasteiger partial charge in [-0.1, -0.05) is 28.9 Å². The van der Waals surface area contributed by atoms with E-state index in [4.69, 9.17) is 11.6 Å². The summed E-state index contributed by atoms with van der Waals surface area (Å²) in [4.78, 5) is 0. The summed E-state index contributed by atoms with van der Waals surface area (Å²) in [5.41, 5.74) is 1.31. The Morgan fingerprint density at radius 2 is 2.25 bits per heavy atom. The normalized spacial score (nSPS) is 12.8. The van der Waals surface area contributed by atoms with Crippen molar-refractivity contribution in [1.29, 1.82) is 0 Å². The van der Waals surface area contributed by atoms with Gasteiger partial charge in [-0.05, 0) is 33.6 Å². The molecule has 1 aromatic heterocycles. The zero-order valence-corrected chi connectivity index (χ0v) is 10.8. The minimum Gasteiger partial charge on any atom is -0.382 e. The van der Waals surface area contributed by atoms with E-state index in [0.29, 0.717) is 20.9 Å². The van der Waals surface area contributed by atoms with Crippen molar-refractivity contribution in [1.82, 2.24) is 15.0 Å². The lowest BCUT2D eigenvalue weighted by atomic mass is 10.1. The Balaban J connectivity index is 2.43. The second-order valence-electron chi connectivity index (χ2n) is 3.35. The van der Waals surface area contributed by atoms with Gasteiger partial charge in [0.05, 0.1) is 0 Å². The van der Waals surface area contributed by atoms with Crippen LogP contribution >= 0.6 is 27.5 Å². The van der Waals surface area contributed by atoms with Crippen LogP contribution in [0.3, 0.4) is 0 Å². The van der Waals surface area contributed by atoms with Crippen LogP contribution in [0.1, 0.15) is 17.4 Å². The van der Waals surface area contributed by atoms with E-state index in [1.165, 1.54) is 4.68 Å². The highest BCUT2D eigenvalue weighted by Gasteiger charge is 2.19. The lowest BCUT2D eigenvalue weighted by molar-refractivity contribution is 0.209. The van der Waals surface area contributed by atoms with E-state index < -0.39 is 6.10 Å². The van der Waals surface area contributed by atoms with Crippen molar-refractivity contribution in [3.05, 3.63) is 45.1 Å². The Morgan fingerprint density at radius 3 is 2.81 bits per heavy atom. The van der Waals surface area contributed by atoms with Gasteiger partial charge < -0.3 is 5.11 Å². The maximum atomic E-state index is 10.2. The Morgan fingerprint density at radius 1 is 1.50 bits per heavy atom. The number of hydrogen-bond acceptors (Lipinski definition) is 3. The third-order valence-electron chi connectivity index (χ3n) is 2.25. The molecule has 0 amide bonds. The van der Waals surface area contributed by atoms with E-state index in [2.05, 4.69) is 26.2 Å². The lowest BCUT2D eigenvalue weighted by Gasteiger charge is -2.11. The van der Waals surface area contributed by atoms with E-state index in [1.54, 1.807) is 31.3 Å². The molecular weight excluding hydrogens is 293 g/mol. The van der Waals surface area contributed by atoms with Crippen LogP contribution in [0.25, 0.3) is 0 Å². The van der Waals surface area contributed by atoms with Gasteiger partial charge in [0.15, 0.2) is 4.60 Å². The molecule has 1 atom stereocenters. The van der Waals surface area contributed by atoms with Crippen LogP contribution < -0.4 is 0 Å². The molecule has 0 aliphatic heterocycles. The second-order valence-corrected chi connectivity index (χ2v) is 4.53. The molecule has 0 fully saturated rings. The summed E-state index contributed by atoms with van der Waals surface area (Å²) in [6.45, 7) is 0. The number of aryl methyl sites for hydroxylation is 1. The average Bonchev–Trinajstić information content (AvgIpc) is 2.58. The van der Waals surface area contributed by atoms with E-state index >= 15 is 0 Å². The Labute approximate surface area is 106 Å². The largest absolute Gasteiger partial charge is 0.382 e. The van der Waals surface area contributed by atoms with Crippen molar-refractivity contribution in [2.75, 3.05) is 0 Å². The number of nitrogens with zero attached hydrogens (tertiary/aromatic N) is 3. The molecule has 0 aliphatic carbocycles. The first kappa shape index (κ1) is 11.6. The third-order valence-corrected chi connectivity index (χ3v) is 3.05. The van der Waals surface area contributed by atoms with Gasteiger partial charge in [-0.25, -0.2) is 4.68 Å². The first-order chi connectivity index (χ1) is 7.59. The van der Waals surface area contributed by atoms with Crippen LogP contribution in [-0.2, 0) is 7.05 Å². The van der Waals surface area contributed by atoms with E-state index in [-0.39, 0.29) is 0 Å². The minimum atomic E-state index is -0.798. The van der Waals surface area contributed by atoms with Crippen LogP contribution in [0, 0.1) is 0 Å². The molecule has 0 spiro atoms. The van der Waals surface area contributed by atoms with Gasteiger partial charge in [-0.3, -0.25) is 0 Å². The molecular formula is C10H9BrClN3O. The Hall–Kier alpha value is -0.910. The van der Waals surface area contributed by atoms with E-state index in [0.717, 1.165) is 0 Å². The van der Waals surface area contributed by atoms with Crippen molar-refractivity contribution in [2.24, 2.45) is 7.05 Å². The molecule has 0 radical (unpaired) electrons. The molecule has 16 heavy (non-hydrogen) atoms. The van der Waals surface area contributed by atoms with Gasteiger partial charge in [0.2, 0.25) is 0 Å². The number of halogens is 2. The quantitative estimate of drug-likeness (QED) is 0.926. The zero-order valence-electron chi connectivity index (χ0n) is 8.43. The van der Waals surface area contributed by atoms with Crippen LogP contribution in [-0.4, -0.2) is 20.1 Å². The Bertz CT molecular complexity index is 495. The number of aromatic nitrogens is 3. The molecule has 2 rings (SSSR count). The fraction of sp³-hybridized carbons (Fsp3) is 0.200. The second kappa shape index (κ2) is 4.53. The molecule has 0 saturated carbocycles. The topological polar surface area (TPSA) is 50.9 Å². The molecule has 84 valence electrons. The Kier molecular flexibility index (Phi) is 3.28. The lowest BCUT2D eigenvalue weighted by Crippen LogP contribution is -2.07. The van der Waals surface area contributed by atoms with Crippen molar-refractivity contribution in [3.63, 3.8) is 0 Å². The molecule has 0 aliphatic rings. The van der Waals surface area contributed by atoms with Gasteiger partial charge >= 0.3 is 0 Å². The maximum Gasteiger partial charge on any atom is 0.154 e. The van der Waals surface area contributed by atoms with Gasteiger partial charge in [0.1, 0.15) is 11.8 Å². The molecule has 1 N–H and O–H groups in total. The highest BCUT2D eigenvalue weighted by atomic mass is 79.9. The maximum absolute atomic E-state index is 10.2. The van der Waals surface area contributed by atoms with Crippen LogP contribution in [0.2, 0.25) is 5.02 Å². The minimum absolute atomic E-state index is 0.530. The van der Waals surface area contributed by atoms with Crippen molar-refractivity contribution in [2.45, 2.75) is 6.10 Å². The first-order valence-electron chi connectivity index (χ1n) is 4.58. The van der Waals surface area contributed by atoms with Crippen molar-refractivity contribution >= 4 is 27.5 Å². The number of aliphatic hydroxyl groups is 1. The molecule has 6 heteroatoms.